The summed E-state index contributed by atoms with van der Waals surface area (Å²) in [5.74, 6) is -1.15. The fourth-order valence-corrected chi connectivity index (χ4v) is 2.76. The minimum atomic E-state index is -1.06. The second-order valence-corrected chi connectivity index (χ2v) is 6.05. The molecule has 3 N–H and O–H groups in total. The van der Waals surface area contributed by atoms with Crippen molar-refractivity contribution in [3.05, 3.63) is 71.9 Å². The monoisotopic (exact) mass is 352 g/mol. The van der Waals surface area contributed by atoms with Gasteiger partial charge in [0, 0.05) is 23.0 Å². The fourth-order valence-electron chi connectivity index (χ4n) is 2.76. The van der Waals surface area contributed by atoms with Crippen molar-refractivity contribution in [1.29, 1.82) is 0 Å². The lowest BCUT2D eigenvalue weighted by Gasteiger charge is -2.17. The van der Waals surface area contributed by atoms with Crippen LogP contribution >= 0.6 is 0 Å². The van der Waals surface area contributed by atoms with E-state index in [1.807, 2.05) is 55.6 Å². The first-order chi connectivity index (χ1) is 12.6. The Bertz CT molecular complexity index is 904. The van der Waals surface area contributed by atoms with Gasteiger partial charge in [0.05, 0.1) is 0 Å². The van der Waals surface area contributed by atoms with E-state index in [0.717, 1.165) is 22.0 Å². The van der Waals surface area contributed by atoms with Crippen molar-refractivity contribution in [2.24, 2.45) is 5.73 Å². The van der Waals surface area contributed by atoms with E-state index < -0.39 is 18.2 Å². The van der Waals surface area contributed by atoms with Gasteiger partial charge in [0.25, 0.3) is 0 Å². The predicted octanol–water partition coefficient (Wildman–Crippen LogP) is 3.48. The van der Waals surface area contributed by atoms with Gasteiger partial charge in [-0.3, -0.25) is 0 Å². The average Bonchev–Trinajstić information content (AvgIpc) is 3.10. The Kier molecular flexibility index (Phi) is 5.34. The number of aromatic nitrogens is 1. The third-order valence-corrected chi connectivity index (χ3v) is 4.31. The predicted molar refractivity (Wildman–Crippen MR) is 97.4 cm³/mol. The summed E-state index contributed by atoms with van der Waals surface area (Å²) in [5, 5.41) is 0.981. The quantitative estimate of drug-likeness (QED) is 0.541. The number of ether oxygens (including phenoxy) is 2. The van der Waals surface area contributed by atoms with E-state index in [-0.39, 0.29) is 12.5 Å². The van der Waals surface area contributed by atoms with E-state index in [1.165, 1.54) is 0 Å². The Morgan fingerprint density at radius 1 is 1.08 bits per heavy atom. The van der Waals surface area contributed by atoms with Crippen molar-refractivity contribution in [3.63, 3.8) is 0 Å². The van der Waals surface area contributed by atoms with Gasteiger partial charge in [-0.25, -0.2) is 9.59 Å². The lowest BCUT2D eigenvalue weighted by molar-refractivity contribution is -0.142. The number of rotatable bonds is 5. The van der Waals surface area contributed by atoms with Gasteiger partial charge in [0.2, 0.25) is 0 Å². The van der Waals surface area contributed by atoms with Gasteiger partial charge in [-0.1, -0.05) is 55.5 Å². The highest BCUT2D eigenvalue weighted by molar-refractivity contribution is 5.88. The van der Waals surface area contributed by atoms with Crippen molar-refractivity contribution in [2.75, 3.05) is 0 Å². The standard InChI is InChI=1S/C20H20N2O4/c1-13(16-11-22-17-10-6-5-9-15(16)17)18(21)19(23)26-20(24)25-12-14-7-3-2-4-8-14/h2-11,13,18,22H,12,21H2,1H3/t13?,18-/m0/s1. The zero-order valence-corrected chi connectivity index (χ0v) is 14.3. The topological polar surface area (TPSA) is 94.4 Å². The van der Waals surface area contributed by atoms with Crippen LogP contribution in [0.5, 0.6) is 0 Å². The molecule has 134 valence electrons. The summed E-state index contributed by atoms with van der Waals surface area (Å²) in [6.07, 6.45) is 0.761. The van der Waals surface area contributed by atoms with E-state index in [2.05, 4.69) is 4.98 Å². The van der Waals surface area contributed by atoms with Gasteiger partial charge in [-0.15, -0.1) is 0 Å². The third kappa shape index (κ3) is 3.92. The number of para-hydroxylation sites is 1. The van der Waals surface area contributed by atoms with Gasteiger partial charge in [0.15, 0.2) is 0 Å². The molecule has 26 heavy (non-hydrogen) atoms. The zero-order chi connectivity index (χ0) is 18.5. The van der Waals surface area contributed by atoms with Crippen molar-refractivity contribution < 1.29 is 19.1 Å². The molecule has 3 rings (SSSR count). The molecule has 0 bridgehead atoms. The summed E-state index contributed by atoms with van der Waals surface area (Å²) in [6.45, 7) is 1.84. The number of carbonyl (C=O) groups excluding carboxylic acids is 2. The first kappa shape index (κ1) is 17.7. The lowest BCUT2D eigenvalue weighted by Crippen LogP contribution is -2.38. The SMILES string of the molecule is CC(c1c[nH]c2ccccc12)[C@H](N)C(=O)OC(=O)OCc1ccccc1. The molecule has 1 aromatic heterocycles. The molecule has 2 atom stereocenters. The molecule has 3 aromatic rings. The summed E-state index contributed by atoms with van der Waals surface area (Å²) in [4.78, 5) is 27.0. The molecule has 0 fully saturated rings. The maximum atomic E-state index is 12.2. The van der Waals surface area contributed by atoms with E-state index in [4.69, 9.17) is 15.2 Å². The summed E-state index contributed by atoms with van der Waals surface area (Å²) in [7, 11) is 0. The van der Waals surface area contributed by atoms with Gasteiger partial charge in [0.1, 0.15) is 12.6 Å². The Morgan fingerprint density at radius 2 is 1.77 bits per heavy atom. The van der Waals surface area contributed by atoms with E-state index in [9.17, 15) is 9.59 Å². The summed E-state index contributed by atoms with van der Waals surface area (Å²) < 4.78 is 9.68. The van der Waals surface area contributed by atoms with Crippen LogP contribution in [-0.4, -0.2) is 23.2 Å². The highest BCUT2D eigenvalue weighted by Gasteiger charge is 2.28. The van der Waals surface area contributed by atoms with Crippen LogP contribution in [0.15, 0.2) is 60.8 Å². The van der Waals surface area contributed by atoms with Gasteiger partial charge < -0.3 is 20.2 Å². The van der Waals surface area contributed by atoms with Crippen LogP contribution in [0.4, 0.5) is 4.79 Å². The molecule has 2 aromatic carbocycles. The molecular formula is C20H20N2O4. The van der Waals surface area contributed by atoms with Gasteiger partial charge in [-0.2, -0.15) is 0 Å². The van der Waals surface area contributed by atoms with Crippen LogP contribution in [0.2, 0.25) is 0 Å². The molecule has 6 heteroatoms. The normalized spacial score (nSPS) is 13.2. The molecule has 0 radical (unpaired) electrons. The molecule has 0 amide bonds. The molecule has 0 saturated heterocycles. The Morgan fingerprint density at radius 3 is 2.54 bits per heavy atom. The molecule has 1 heterocycles. The van der Waals surface area contributed by atoms with Crippen LogP contribution in [0.3, 0.4) is 0 Å². The first-order valence-electron chi connectivity index (χ1n) is 8.30. The zero-order valence-electron chi connectivity index (χ0n) is 14.3. The number of aromatic amines is 1. The van der Waals surface area contributed by atoms with Crippen LogP contribution in [0.1, 0.15) is 24.0 Å². The number of H-pyrrole nitrogens is 1. The molecule has 0 aliphatic rings. The number of esters is 1. The second kappa shape index (κ2) is 7.84. The van der Waals surface area contributed by atoms with Crippen molar-refractivity contribution in [3.8, 4) is 0 Å². The molecular weight excluding hydrogens is 332 g/mol. The Hall–Kier alpha value is -3.12. The highest BCUT2D eigenvalue weighted by atomic mass is 16.7. The number of benzene rings is 2. The summed E-state index contributed by atoms with van der Waals surface area (Å²) >= 11 is 0. The number of hydrogen-bond donors (Lipinski definition) is 2. The van der Waals surface area contributed by atoms with Crippen LogP contribution < -0.4 is 5.73 Å². The maximum absolute atomic E-state index is 12.2. The highest BCUT2D eigenvalue weighted by Crippen LogP contribution is 2.27. The van der Waals surface area contributed by atoms with Crippen LogP contribution in [-0.2, 0) is 20.9 Å². The van der Waals surface area contributed by atoms with E-state index in [1.54, 1.807) is 12.1 Å². The Labute approximate surface area is 150 Å². The van der Waals surface area contributed by atoms with Crippen LogP contribution in [0, 0.1) is 0 Å². The number of nitrogens with two attached hydrogens (primary N) is 1. The first-order valence-corrected chi connectivity index (χ1v) is 8.30. The van der Waals surface area contributed by atoms with Gasteiger partial charge >= 0.3 is 12.1 Å². The fraction of sp³-hybridized carbons (Fsp3) is 0.200. The number of fused-ring (bicyclic) bond motifs is 1. The maximum Gasteiger partial charge on any atom is 0.516 e. The minimum Gasteiger partial charge on any atom is -0.429 e. The molecule has 0 spiro atoms. The number of hydrogen-bond acceptors (Lipinski definition) is 5. The van der Waals surface area contributed by atoms with Gasteiger partial charge in [-0.05, 0) is 17.2 Å². The Balaban J connectivity index is 1.59. The van der Waals surface area contributed by atoms with E-state index >= 15 is 0 Å². The second-order valence-electron chi connectivity index (χ2n) is 6.05. The molecule has 1 unspecified atom stereocenters. The molecule has 0 aliphatic carbocycles. The number of nitrogens with one attached hydrogen (secondary N) is 1. The van der Waals surface area contributed by atoms with Crippen LogP contribution in [0.25, 0.3) is 10.9 Å². The molecule has 6 nitrogen and oxygen atoms in total. The van der Waals surface area contributed by atoms with E-state index in [0.29, 0.717) is 0 Å². The summed E-state index contributed by atoms with van der Waals surface area (Å²) in [5.41, 5.74) is 8.65. The van der Waals surface area contributed by atoms with Crippen molar-refractivity contribution >= 4 is 23.0 Å². The number of carbonyl (C=O) groups is 2. The largest absolute Gasteiger partial charge is 0.516 e. The lowest BCUT2D eigenvalue weighted by atomic mass is 9.93. The third-order valence-electron chi connectivity index (χ3n) is 4.31. The van der Waals surface area contributed by atoms with Crippen molar-refractivity contribution in [1.82, 2.24) is 4.98 Å². The average molecular weight is 352 g/mol. The smallest absolute Gasteiger partial charge is 0.429 e. The summed E-state index contributed by atoms with van der Waals surface area (Å²) in [6, 6.07) is 15.9. The molecule has 0 saturated carbocycles. The van der Waals surface area contributed by atoms with Crippen molar-refractivity contribution in [2.45, 2.75) is 25.5 Å². The molecule has 0 aliphatic heterocycles. The minimum absolute atomic E-state index is 0.0280.